The Morgan fingerprint density at radius 3 is 2.82 bits per heavy atom. The van der Waals surface area contributed by atoms with Crippen molar-refractivity contribution in [2.45, 2.75) is 25.4 Å². The number of H-pyrrole nitrogens is 1. The van der Waals surface area contributed by atoms with Gasteiger partial charge in [0, 0.05) is 33.9 Å². The lowest BCUT2D eigenvalue weighted by molar-refractivity contribution is -0.136. The van der Waals surface area contributed by atoms with Crippen LogP contribution in [0.2, 0.25) is 0 Å². The Labute approximate surface area is 134 Å². The summed E-state index contributed by atoms with van der Waals surface area (Å²) < 4.78 is 0.939. The Hall–Kier alpha value is -2.15. The molecule has 3 amide bonds. The van der Waals surface area contributed by atoms with E-state index >= 15 is 0 Å². The first-order chi connectivity index (χ1) is 10.5. The summed E-state index contributed by atoms with van der Waals surface area (Å²) in [5.41, 5.74) is 2.35. The Bertz CT molecular complexity index is 842. The van der Waals surface area contributed by atoms with Crippen molar-refractivity contribution in [3.8, 4) is 0 Å². The molecule has 6 nitrogen and oxygen atoms in total. The number of amides is 3. The molecule has 0 spiro atoms. The molecule has 0 bridgehead atoms. The van der Waals surface area contributed by atoms with Crippen molar-refractivity contribution in [1.29, 1.82) is 0 Å². The summed E-state index contributed by atoms with van der Waals surface area (Å²) in [5, 5.41) is 3.29. The van der Waals surface area contributed by atoms with Gasteiger partial charge >= 0.3 is 0 Å². The van der Waals surface area contributed by atoms with Crippen LogP contribution in [0.25, 0.3) is 10.9 Å². The van der Waals surface area contributed by atoms with Crippen molar-refractivity contribution >= 4 is 44.6 Å². The molecule has 0 radical (unpaired) electrons. The molecule has 3 heterocycles. The summed E-state index contributed by atoms with van der Waals surface area (Å²) in [5.74, 6) is -0.847. The minimum Gasteiger partial charge on any atom is -0.350 e. The van der Waals surface area contributed by atoms with Crippen LogP contribution in [0.3, 0.4) is 0 Å². The molecular formula is C15H12BrN3O3. The van der Waals surface area contributed by atoms with Crippen LogP contribution < -0.4 is 5.32 Å². The molecule has 1 atom stereocenters. The molecule has 1 aromatic carbocycles. The highest BCUT2D eigenvalue weighted by atomic mass is 79.9. The molecule has 2 aliphatic heterocycles. The molecule has 2 aliphatic rings. The first-order valence-electron chi connectivity index (χ1n) is 6.99. The van der Waals surface area contributed by atoms with Gasteiger partial charge in [-0.2, -0.15) is 0 Å². The summed E-state index contributed by atoms with van der Waals surface area (Å²) in [7, 11) is 0. The predicted molar refractivity (Wildman–Crippen MR) is 82.0 cm³/mol. The first kappa shape index (κ1) is 13.5. The molecule has 1 unspecified atom stereocenters. The number of carbonyl (C=O) groups is 3. The Kier molecular flexibility index (Phi) is 2.87. The van der Waals surface area contributed by atoms with Crippen molar-refractivity contribution in [3.63, 3.8) is 0 Å². The van der Waals surface area contributed by atoms with E-state index in [2.05, 4.69) is 26.2 Å². The van der Waals surface area contributed by atoms with Gasteiger partial charge in [-0.15, -0.1) is 0 Å². The van der Waals surface area contributed by atoms with Gasteiger partial charge in [0.15, 0.2) is 0 Å². The minimum absolute atomic E-state index is 0.183. The smallest absolute Gasteiger partial charge is 0.271 e. The van der Waals surface area contributed by atoms with Crippen molar-refractivity contribution in [3.05, 3.63) is 33.9 Å². The van der Waals surface area contributed by atoms with Gasteiger partial charge in [0.25, 0.3) is 5.91 Å². The predicted octanol–water partition coefficient (Wildman–Crippen LogP) is 1.69. The highest BCUT2D eigenvalue weighted by Gasteiger charge is 2.40. The number of aromatic amines is 1. The second kappa shape index (κ2) is 4.67. The average Bonchev–Trinajstić information content (AvgIpc) is 2.96. The third kappa shape index (κ3) is 1.89. The third-order valence-electron chi connectivity index (χ3n) is 4.26. The number of piperidine rings is 1. The maximum atomic E-state index is 12.6. The molecule has 0 aliphatic carbocycles. The number of hydrogen-bond donors (Lipinski definition) is 2. The maximum absolute atomic E-state index is 12.6. The van der Waals surface area contributed by atoms with E-state index in [-0.39, 0.29) is 24.1 Å². The van der Waals surface area contributed by atoms with Gasteiger partial charge in [0.1, 0.15) is 11.7 Å². The standard InChI is InChI=1S/C15H12BrN3O3/c16-7-1-2-8-9-6-19(11-3-4-12(20)18-14(11)21)15(22)13(9)17-10(8)5-7/h1-2,5,11,17H,3-4,6H2,(H,18,20,21). The second-order valence-electron chi connectivity index (χ2n) is 5.57. The lowest BCUT2D eigenvalue weighted by Gasteiger charge is -2.29. The van der Waals surface area contributed by atoms with E-state index in [1.807, 2.05) is 18.2 Å². The third-order valence-corrected chi connectivity index (χ3v) is 4.75. The van der Waals surface area contributed by atoms with Gasteiger partial charge < -0.3 is 9.88 Å². The SMILES string of the molecule is O=C1CCC(N2Cc3c([nH]c4cc(Br)ccc34)C2=O)C(=O)N1. The number of rotatable bonds is 1. The number of fused-ring (bicyclic) bond motifs is 3. The molecule has 1 aromatic heterocycles. The molecule has 2 aromatic rings. The molecule has 7 heteroatoms. The maximum Gasteiger partial charge on any atom is 0.271 e. The zero-order valence-electron chi connectivity index (χ0n) is 11.5. The fourth-order valence-corrected chi connectivity index (χ4v) is 3.55. The van der Waals surface area contributed by atoms with Crippen LogP contribution in [0.1, 0.15) is 28.9 Å². The fourth-order valence-electron chi connectivity index (χ4n) is 3.19. The molecule has 2 N–H and O–H groups in total. The minimum atomic E-state index is -0.573. The van der Waals surface area contributed by atoms with Crippen LogP contribution in [0, 0.1) is 0 Å². The van der Waals surface area contributed by atoms with E-state index in [1.54, 1.807) is 4.90 Å². The van der Waals surface area contributed by atoms with Gasteiger partial charge in [-0.3, -0.25) is 19.7 Å². The quantitative estimate of drug-likeness (QED) is 0.758. The lowest BCUT2D eigenvalue weighted by atomic mass is 10.0. The van der Waals surface area contributed by atoms with Crippen LogP contribution in [-0.4, -0.2) is 33.6 Å². The highest BCUT2D eigenvalue weighted by Crippen LogP contribution is 2.33. The summed E-state index contributed by atoms with van der Waals surface area (Å²) >= 11 is 3.41. The van der Waals surface area contributed by atoms with Crippen molar-refractivity contribution in [2.24, 2.45) is 0 Å². The molecule has 1 saturated heterocycles. The number of benzene rings is 1. The van der Waals surface area contributed by atoms with Crippen LogP contribution in [0.5, 0.6) is 0 Å². The van der Waals surface area contributed by atoms with E-state index in [9.17, 15) is 14.4 Å². The fraction of sp³-hybridized carbons (Fsp3) is 0.267. The van der Waals surface area contributed by atoms with Crippen LogP contribution in [-0.2, 0) is 16.1 Å². The van der Waals surface area contributed by atoms with Crippen LogP contribution >= 0.6 is 15.9 Å². The molecular weight excluding hydrogens is 350 g/mol. The molecule has 22 heavy (non-hydrogen) atoms. The Morgan fingerprint density at radius 2 is 2.05 bits per heavy atom. The number of halogens is 1. The normalized spacial score (nSPS) is 21.4. The number of nitrogens with one attached hydrogen (secondary N) is 2. The van der Waals surface area contributed by atoms with Gasteiger partial charge in [0.2, 0.25) is 11.8 Å². The zero-order valence-corrected chi connectivity index (χ0v) is 13.1. The molecule has 112 valence electrons. The zero-order chi connectivity index (χ0) is 15.4. The second-order valence-corrected chi connectivity index (χ2v) is 6.48. The number of carbonyl (C=O) groups excluding carboxylic acids is 3. The summed E-state index contributed by atoms with van der Waals surface area (Å²) in [4.78, 5) is 40.5. The molecule has 0 saturated carbocycles. The highest BCUT2D eigenvalue weighted by molar-refractivity contribution is 9.10. The van der Waals surface area contributed by atoms with E-state index in [4.69, 9.17) is 0 Å². The van der Waals surface area contributed by atoms with E-state index in [0.29, 0.717) is 18.7 Å². The van der Waals surface area contributed by atoms with Crippen LogP contribution in [0.4, 0.5) is 0 Å². The average molecular weight is 362 g/mol. The van der Waals surface area contributed by atoms with E-state index in [0.717, 1.165) is 20.9 Å². The Morgan fingerprint density at radius 1 is 1.23 bits per heavy atom. The first-order valence-corrected chi connectivity index (χ1v) is 7.78. The number of aromatic nitrogens is 1. The van der Waals surface area contributed by atoms with Crippen molar-refractivity contribution in [2.75, 3.05) is 0 Å². The number of hydrogen-bond acceptors (Lipinski definition) is 3. The largest absolute Gasteiger partial charge is 0.350 e. The van der Waals surface area contributed by atoms with Gasteiger partial charge in [-0.05, 0) is 18.6 Å². The number of imide groups is 1. The Balaban J connectivity index is 1.70. The van der Waals surface area contributed by atoms with Gasteiger partial charge in [0.05, 0.1) is 0 Å². The van der Waals surface area contributed by atoms with E-state index < -0.39 is 6.04 Å². The molecule has 4 rings (SSSR count). The number of nitrogens with zero attached hydrogens (tertiary/aromatic N) is 1. The van der Waals surface area contributed by atoms with Gasteiger partial charge in [-0.25, -0.2) is 0 Å². The van der Waals surface area contributed by atoms with Crippen molar-refractivity contribution in [1.82, 2.24) is 15.2 Å². The summed E-state index contributed by atoms with van der Waals surface area (Å²) in [6.07, 6.45) is 0.645. The molecule has 1 fully saturated rings. The van der Waals surface area contributed by atoms with Crippen molar-refractivity contribution < 1.29 is 14.4 Å². The lowest BCUT2D eigenvalue weighted by Crippen LogP contribution is -2.52. The monoisotopic (exact) mass is 361 g/mol. The topological polar surface area (TPSA) is 82.3 Å². The summed E-state index contributed by atoms with van der Waals surface area (Å²) in [6.45, 7) is 0.391. The van der Waals surface area contributed by atoms with E-state index in [1.165, 1.54) is 0 Å². The van der Waals surface area contributed by atoms with Crippen LogP contribution in [0.15, 0.2) is 22.7 Å². The van der Waals surface area contributed by atoms with Gasteiger partial charge in [-0.1, -0.05) is 22.0 Å². The summed E-state index contributed by atoms with van der Waals surface area (Å²) in [6, 6.07) is 5.24.